The molecule has 1 saturated heterocycles. The molecule has 1 aromatic heterocycles. The van der Waals surface area contributed by atoms with Gasteiger partial charge < -0.3 is 0 Å². The molecule has 0 spiro atoms. The Labute approximate surface area is 88.9 Å². The van der Waals surface area contributed by atoms with Crippen LogP contribution in [0.1, 0.15) is 12.1 Å². The predicted octanol–water partition coefficient (Wildman–Crippen LogP) is 0.112. The molecule has 0 radical (unpaired) electrons. The second-order valence-corrected chi connectivity index (χ2v) is 3.71. The van der Waals surface area contributed by atoms with Gasteiger partial charge in [0.2, 0.25) is 11.8 Å². The minimum Gasteiger partial charge on any atom is -0.277 e. The molecule has 15 heavy (non-hydrogen) atoms. The second kappa shape index (κ2) is 3.77. The van der Waals surface area contributed by atoms with Crippen molar-refractivity contribution in [3.63, 3.8) is 0 Å². The molecule has 4 amide bonds. The number of carbonyl (C=O) groups is 3. The monoisotopic (exact) mass is 225 g/mol. The fourth-order valence-electron chi connectivity index (χ4n) is 1.21. The molecule has 2 rings (SSSR count). The molecule has 0 aliphatic carbocycles. The lowest BCUT2D eigenvalue weighted by Crippen LogP contribution is -2.52. The smallest absolute Gasteiger partial charge is 0.277 e. The van der Waals surface area contributed by atoms with Crippen LogP contribution in [0.15, 0.2) is 10.9 Å². The number of barbiturate groups is 1. The van der Waals surface area contributed by atoms with Crippen LogP contribution in [0.4, 0.5) is 4.79 Å². The summed E-state index contributed by atoms with van der Waals surface area (Å²) in [6.07, 6.45) is -0.282. The molecule has 0 saturated carbocycles. The molecule has 6 nitrogen and oxygen atoms in total. The van der Waals surface area contributed by atoms with Crippen LogP contribution in [0.5, 0.6) is 0 Å². The summed E-state index contributed by atoms with van der Waals surface area (Å²) in [4.78, 5) is 38.4. The number of carbonyl (C=O) groups excluding carboxylic acids is 3. The summed E-state index contributed by atoms with van der Waals surface area (Å²) < 4.78 is 0. The van der Waals surface area contributed by atoms with Gasteiger partial charge in [0.15, 0.2) is 0 Å². The van der Waals surface area contributed by atoms with E-state index < -0.39 is 17.8 Å². The highest BCUT2D eigenvalue weighted by Gasteiger charge is 2.30. The highest BCUT2D eigenvalue weighted by molar-refractivity contribution is 7.07. The average molecular weight is 225 g/mol. The van der Waals surface area contributed by atoms with Gasteiger partial charge in [0.05, 0.1) is 17.7 Å². The summed E-state index contributed by atoms with van der Waals surface area (Å²) in [6, 6.07) is -0.677. The van der Waals surface area contributed by atoms with Crippen molar-refractivity contribution in [3.05, 3.63) is 16.6 Å². The molecule has 0 unspecified atom stereocenters. The summed E-state index contributed by atoms with van der Waals surface area (Å²) in [7, 11) is 0. The van der Waals surface area contributed by atoms with Crippen molar-refractivity contribution < 1.29 is 14.4 Å². The van der Waals surface area contributed by atoms with Gasteiger partial charge in [-0.2, -0.15) is 0 Å². The van der Waals surface area contributed by atoms with Crippen LogP contribution in [-0.4, -0.2) is 27.7 Å². The Hall–Kier alpha value is -1.76. The Balaban J connectivity index is 2.11. The van der Waals surface area contributed by atoms with E-state index in [0.717, 1.165) is 4.90 Å². The van der Waals surface area contributed by atoms with Gasteiger partial charge in [0.1, 0.15) is 6.42 Å². The van der Waals surface area contributed by atoms with Gasteiger partial charge in [-0.1, -0.05) is 0 Å². The third kappa shape index (κ3) is 2.01. The van der Waals surface area contributed by atoms with Gasteiger partial charge in [-0.15, -0.1) is 11.3 Å². The molecule has 1 aromatic rings. The predicted molar refractivity (Wildman–Crippen MR) is 50.8 cm³/mol. The molecule has 78 valence electrons. The quantitative estimate of drug-likeness (QED) is 0.724. The van der Waals surface area contributed by atoms with Crippen LogP contribution in [0.3, 0.4) is 0 Å². The van der Waals surface area contributed by atoms with Crippen LogP contribution in [0.2, 0.25) is 0 Å². The molecular weight excluding hydrogens is 218 g/mol. The SMILES string of the molecule is O=C1CC(=O)N(Cc2cscn2)C(=O)N1. The van der Waals surface area contributed by atoms with E-state index in [2.05, 4.69) is 10.3 Å². The minimum atomic E-state index is -0.677. The topological polar surface area (TPSA) is 79.4 Å². The number of hydrogen-bond donors (Lipinski definition) is 1. The first-order chi connectivity index (χ1) is 7.16. The Morgan fingerprint density at radius 3 is 2.87 bits per heavy atom. The van der Waals surface area contributed by atoms with Crippen molar-refractivity contribution in [1.29, 1.82) is 0 Å². The Morgan fingerprint density at radius 1 is 1.47 bits per heavy atom. The summed E-state index contributed by atoms with van der Waals surface area (Å²) in [5.41, 5.74) is 2.25. The molecule has 7 heteroatoms. The van der Waals surface area contributed by atoms with Gasteiger partial charge in [-0.25, -0.2) is 9.78 Å². The summed E-state index contributed by atoms with van der Waals surface area (Å²) in [5, 5.41) is 3.82. The van der Waals surface area contributed by atoms with Crippen molar-refractivity contribution in [1.82, 2.24) is 15.2 Å². The lowest BCUT2D eigenvalue weighted by Gasteiger charge is -2.23. The number of thiazole rings is 1. The minimum absolute atomic E-state index is 0.113. The van der Waals surface area contributed by atoms with E-state index in [4.69, 9.17) is 0 Å². The van der Waals surface area contributed by atoms with Crippen LogP contribution < -0.4 is 5.32 Å². The van der Waals surface area contributed by atoms with Crippen LogP contribution >= 0.6 is 11.3 Å². The highest BCUT2D eigenvalue weighted by atomic mass is 32.1. The number of amides is 4. The average Bonchev–Trinajstić information content (AvgIpc) is 2.63. The molecule has 1 fully saturated rings. The number of nitrogens with one attached hydrogen (secondary N) is 1. The number of imide groups is 2. The maximum Gasteiger partial charge on any atom is 0.331 e. The van der Waals surface area contributed by atoms with E-state index >= 15 is 0 Å². The molecule has 2 heterocycles. The number of rotatable bonds is 2. The van der Waals surface area contributed by atoms with E-state index in [1.54, 1.807) is 10.9 Å². The third-order valence-corrected chi connectivity index (χ3v) is 2.54. The summed E-state index contributed by atoms with van der Waals surface area (Å²) in [5.74, 6) is -1.05. The van der Waals surface area contributed by atoms with Gasteiger partial charge in [-0.05, 0) is 0 Å². The zero-order valence-corrected chi connectivity index (χ0v) is 8.41. The largest absolute Gasteiger partial charge is 0.331 e. The van der Waals surface area contributed by atoms with Gasteiger partial charge >= 0.3 is 6.03 Å². The van der Waals surface area contributed by atoms with Gasteiger partial charge in [-0.3, -0.25) is 19.8 Å². The third-order valence-electron chi connectivity index (χ3n) is 1.91. The fraction of sp³-hybridized carbons (Fsp3) is 0.250. The number of urea groups is 1. The molecule has 0 bridgehead atoms. The molecular formula is C8H7N3O3S. The van der Waals surface area contributed by atoms with Crippen molar-refractivity contribution in [3.8, 4) is 0 Å². The number of hydrogen-bond acceptors (Lipinski definition) is 5. The summed E-state index contributed by atoms with van der Waals surface area (Å²) in [6.45, 7) is 0.113. The Morgan fingerprint density at radius 2 is 2.27 bits per heavy atom. The lowest BCUT2D eigenvalue weighted by molar-refractivity contribution is -0.136. The van der Waals surface area contributed by atoms with E-state index in [0.29, 0.717) is 5.69 Å². The van der Waals surface area contributed by atoms with E-state index in [9.17, 15) is 14.4 Å². The molecule has 0 aromatic carbocycles. The molecule has 0 atom stereocenters. The van der Waals surface area contributed by atoms with E-state index in [1.165, 1.54) is 11.3 Å². The van der Waals surface area contributed by atoms with Crippen LogP contribution in [0, 0.1) is 0 Å². The standard InChI is InChI=1S/C8H7N3O3S/c12-6-1-7(13)11(8(14)10-6)2-5-3-15-4-9-5/h3-4H,1-2H2,(H,10,12,14). The fourth-order valence-corrected chi connectivity index (χ4v) is 1.76. The van der Waals surface area contributed by atoms with E-state index in [1.807, 2.05) is 0 Å². The first-order valence-corrected chi connectivity index (χ1v) is 5.12. The first-order valence-electron chi connectivity index (χ1n) is 4.18. The normalized spacial score (nSPS) is 16.8. The maximum atomic E-state index is 11.4. The first kappa shape index (κ1) is 9.78. The zero-order chi connectivity index (χ0) is 10.8. The van der Waals surface area contributed by atoms with Crippen molar-refractivity contribution >= 4 is 29.2 Å². The maximum absolute atomic E-state index is 11.4. The van der Waals surface area contributed by atoms with Crippen LogP contribution in [0.25, 0.3) is 0 Å². The van der Waals surface area contributed by atoms with Crippen molar-refractivity contribution in [2.24, 2.45) is 0 Å². The van der Waals surface area contributed by atoms with Crippen molar-refractivity contribution in [2.75, 3.05) is 0 Å². The van der Waals surface area contributed by atoms with Gasteiger partial charge in [0.25, 0.3) is 0 Å². The number of aromatic nitrogens is 1. The van der Waals surface area contributed by atoms with Crippen LogP contribution in [-0.2, 0) is 16.1 Å². The number of nitrogens with zero attached hydrogens (tertiary/aromatic N) is 2. The second-order valence-electron chi connectivity index (χ2n) is 2.99. The van der Waals surface area contributed by atoms with Crippen molar-refractivity contribution in [2.45, 2.75) is 13.0 Å². The molecule has 1 aliphatic heterocycles. The Bertz CT molecular complexity index is 395. The lowest BCUT2D eigenvalue weighted by atomic mass is 10.3. The highest BCUT2D eigenvalue weighted by Crippen LogP contribution is 2.09. The van der Waals surface area contributed by atoms with E-state index in [-0.39, 0.29) is 13.0 Å². The zero-order valence-electron chi connectivity index (χ0n) is 7.60. The molecule has 1 N–H and O–H groups in total. The van der Waals surface area contributed by atoms with Gasteiger partial charge in [0, 0.05) is 5.38 Å². The molecule has 1 aliphatic rings. The summed E-state index contributed by atoms with van der Waals surface area (Å²) >= 11 is 1.38. The Kier molecular flexibility index (Phi) is 2.46.